The third-order valence-electron chi connectivity index (χ3n) is 4.04. The summed E-state index contributed by atoms with van der Waals surface area (Å²) in [7, 11) is 0. The number of rotatable bonds is 2. The summed E-state index contributed by atoms with van der Waals surface area (Å²) in [5.74, 6) is 3.36. The van der Waals surface area contributed by atoms with Crippen LogP contribution in [0.5, 0.6) is 0 Å². The average Bonchev–Trinajstić information content (AvgIpc) is 3.10. The van der Waals surface area contributed by atoms with E-state index < -0.39 is 0 Å². The zero-order chi connectivity index (χ0) is 15.1. The zero-order valence-electron chi connectivity index (χ0n) is 12.0. The minimum absolute atomic E-state index is 0.239. The molecule has 2 aromatic heterocycles. The summed E-state index contributed by atoms with van der Waals surface area (Å²) in [6, 6.07) is 5.63. The van der Waals surface area contributed by atoms with Gasteiger partial charge in [-0.25, -0.2) is 9.97 Å². The molecule has 1 N–H and O–H groups in total. The fourth-order valence-electron chi connectivity index (χ4n) is 2.92. The molecule has 0 bridgehead atoms. The highest BCUT2D eigenvalue weighted by Crippen LogP contribution is 2.27. The zero-order valence-corrected chi connectivity index (χ0v) is 12.0. The van der Waals surface area contributed by atoms with Gasteiger partial charge >= 0.3 is 0 Å². The molecule has 3 aromatic rings. The monoisotopic (exact) mass is 293 g/mol. The predicted molar refractivity (Wildman–Crippen MR) is 83.1 cm³/mol. The molecule has 3 heterocycles. The van der Waals surface area contributed by atoms with Crippen molar-refractivity contribution in [3.05, 3.63) is 35.8 Å². The third-order valence-corrected chi connectivity index (χ3v) is 4.04. The van der Waals surface area contributed by atoms with E-state index in [9.17, 15) is 5.11 Å². The first kappa shape index (κ1) is 13.3. The van der Waals surface area contributed by atoms with Crippen LogP contribution >= 0.6 is 0 Å². The van der Waals surface area contributed by atoms with Gasteiger partial charge in [-0.05, 0) is 24.6 Å². The summed E-state index contributed by atoms with van der Waals surface area (Å²) in [6.07, 6.45) is 7.74. The molecule has 0 aliphatic carbocycles. The fourth-order valence-corrected chi connectivity index (χ4v) is 2.92. The number of hydrogen-bond acceptors (Lipinski definition) is 5. The summed E-state index contributed by atoms with van der Waals surface area (Å²) in [6.45, 7) is 2.18. The van der Waals surface area contributed by atoms with Gasteiger partial charge in [0.15, 0.2) is 5.58 Å². The number of nitrogens with zero attached hydrogens (tertiary/aromatic N) is 3. The Morgan fingerprint density at radius 1 is 1.41 bits per heavy atom. The van der Waals surface area contributed by atoms with Crippen LogP contribution in [0.15, 0.2) is 28.8 Å². The number of hydrogen-bond donors (Lipinski definition) is 1. The molecule has 5 nitrogen and oxygen atoms in total. The van der Waals surface area contributed by atoms with Crippen molar-refractivity contribution in [3.8, 4) is 12.3 Å². The van der Waals surface area contributed by atoms with E-state index in [0.29, 0.717) is 18.7 Å². The van der Waals surface area contributed by atoms with Crippen LogP contribution in [-0.2, 0) is 6.54 Å². The van der Waals surface area contributed by atoms with Crippen molar-refractivity contribution in [1.29, 1.82) is 0 Å². The Labute approximate surface area is 127 Å². The summed E-state index contributed by atoms with van der Waals surface area (Å²) in [5, 5.41) is 10.5. The highest BCUT2D eigenvalue weighted by Gasteiger charge is 2.21. The Morgan fingerprint density at radius 2 is 2.32 bits per heavy atom. The molecule has 5 heteroatoms. The fraction of sp³-hybridized carbons (Fsp3) is 0.294. The predicted octanol–water partition coefficient (Wildman–Crippen LogP) is 1.92. The smallest absolute Gasteiger partial charge is 0.172 e. The first-order valence-corrected chi connectivity index (χ1v) is 7.28. The van der Waals surface area contributed by atoms with E-state index in [2.05, 4.69) is 20.8 Å². The number of aromatic nitrogens is 2. The van der Waals surface area contributed by atoms with Gasteiger partial charge in [0, 0.05) is 24.0 Å². The lowest BCUT2D eigenvalue weighted by molar-refractivity contribution is 0.174. The van der Waals surface area contributed by atoms with E-state index in [0.717, 1.165) is 40.8 Å². The summed E-state index contributed by atoms with van der Waals surface area (Å²) >= 11 is 0. The molecule has 1 saturated heterocycles. The van der Waals surface area contributed by atoms with Crippen LogP contribution in [0, 0.1) is 12.3 Å². The summed E-state index contributed by atoms with van der Waals surface area (Å²) in [4.78, 5) is 11.1. The van der Waals surface area contributed by atoms with Gasteiger partial charge in [-0.1, -0.05) is 5.92 Å². The van der Waals surface area contributed by atoms with Gasteiger partial charge in [-0.3, -0.25) is 4.90 Å². The summed E-state index contributed by atoms with van der Waals surface area (Å²) < 4.78 is 5.75. The summed E-state index contributed by atoms with van der Waals surface area (Å²) in [5.41, 5.74) is 3.02. The molecule has 1 aromatic carbocycles. The number of likely N-dealkylation sites (tertiary alicyclic amines) is 1. The van der Waals surface area contributed by atoms with Crippen LogP contribution in [0.4, 0.5) is 0 Å². The number of terminal acetylenes is 1. The molecule has 1 aliphatic rings. The van der Waals surface area contributed by atoms with E-state index in [-0.39, 0.29) is 6.10 Å². The second-order valence-corrected chi connectivity index (χ2v) is 5.63. The lowest BCUT2D eigenvalue weighted by Gasteiger charge is -2.12. The molecule has 22 heavy (non-hydrogen) atoms. The van der Waals surface area contributed by atoms with Gasteiger partial charge in [0.2, 0.25) is 0 Å². The molecule has 110 valence electrons. The van der Waals surface area contributed by atoms with Crippen molar-refractivity contribution in [3.63, 3.8) is 0 Å². The van der Waals surface area contributed by atoms with Crippen molar-refractivity contribution in [1.82, 2.24) is 14.9 Å². The molecule has 1 atom stereocenters. The minimum atomic E-state index is -0.239. The van der Waals surface area contributed by atoms with Crippen LogP contribution in [0.1, 0.15) is 17.8 Å². The molecule has 1 aliphatic heterocycles. The normalized spacial score (nSPS) is 19.0. The molecule has 4 rings (SSSR count). The van der Waals surface area contributed by atoms with Crippen molar-refractivity contribution in [2.75, 3.05) is 13.1 Å². The number of β-amino-alcohol motifs (C(OH)–C–C–N with tert-alkyl or cyclic N) is 1. The second-order valence-electron chi connectivity index (χ2n) is 5.63. The first-order valence-electron chi connectivity index (χ1n) is 7.28. The van der Waals surface area contributed by atoms with Gasteiger partial charge in [-0.15, -0.1) is 6.42 Å². The Balaban J connectivity index is 1.75. The van der Waals surface area contributed by atoms with Gasteiger partial charge < -0.3 is 9.52 Å². The highest BCUT2D eigenvalue weighted by atomic mass is 16.3. The number of furan rings is 1. The van der Waals surface area contributed by atoms with Crippen molar-refractivity contribution >= 4 is 22.1 Å². The Bertz CT molecular complexity index is 894. The maximum absolute atomic E-state index is 9.60. The van der Waals surface area contributed by atoms with Crippen LogP contribution in [-0.4, -0.2) is 39.2 Å². The van der Waals surface area contributed by atoms with Crippen LogP contribution in [0.2, 0.25) is 0 Å². The largest absolute Gasteiger partial charge is 0.453 e. The SMILES string of the molecule is C#Cc1ccc2oc3cnc(CN4CC[C@H](O)C4)nc3c2c1. The lowest BCUT2D eigenvalue weighted by atomic mass is 10.1. The Hall–Kier alpha value is -2.42. The van der Waals surface area contributed by atoms with Crippen molar-refractivity contribution in [2.45, 2.75) is 19.1 Å². The maximum Gasteiger partial charge on any atom is 0.172 e. The quantitative estimate of drug-likeness (QED) is 0.731. The number of aliphatic hydroxyl groups is 1. The molecule has 1 fully saturated rings. The average molecular weight is 293 g/mol. The number of aliphatic hydroxyl groups excluding tert-OH is 1. The molecule has 0 unspecified atom stereocenters. The van der Waals surface area contributed by atoms with E-state index in [1.807, 2.05) is 18.2 Å². The molecule has 0 saturated carbocycles. The van der Waals surface area contributed by atoms with E-state index >= 15 is 0 Å². The minimum Gasteiger partial charge on any atom is -0.453 e. The molecule has 0 amide bonds. The second kappa shape index (κ2) is 5.09. The molecular formula is C17H15N3O2. The molecule has 0 radical (unpaired) electrons. The molecule has 0 spiro atoms. The van der Waals surface area contributed by atoms with Crippen molar-refractivity contribution < 1.29 is 9.52 Å². The van der Waals surface area contributed by atoms with E-state index in [4.69, 9.17) is 10.8 Å². The maximum atomic E-state index is 9.60. The third kappa shape index (κ3) is 2.23. The van der Waals surface area contributed by atoms with Crippen LogP contribution in [0.3, 0.4) is 0 Å². The van der Waals surface area contributed by atoms with Crippen LogP contribution in [0.25, 0.3) is 22.1 Å². The van der Waals surface area contributed by atoms with E-state index in [1.54, 1.807) is 6.20 Å². The van der Waals surface area contributed by atoms with Crippen LogP contribution < -0.4 is 0 Å². The standard InChI is InChI=1S/C17H15N3O2/c1-2-11-3-4-14-13(7-11)17-15(22-14)8-18-16(19-17)10-20-6-5-12(21)9-20/h1,3-4,7-8,12,21H,5-6,9-10H2/t12-/m0/s1. The van der Waals surface area contributed by atoms with Gasteiger partial charge in [0.25, 0.3) is 0 Å². The van der Waals surface area contributed by atoms with Gasteiger partial charge in [0.1, 0.15) is 16.9 Å². The Morgan fingerprint density at radius 3 is 3.09 bits per heavy atom. The van der Waals surface area contributed by atoms with Gasteiger partial charge in [-0.2, -0.15) is 0 Å². The van der Waals surface area contributed by atoms with Gasteiger partial charge in [0.05, 0.1) is 18.8 Å². The number of benzene rings is 1. The first-order chi connectivity index (χ1) is 10.7. The highest BCUT2D eigenvalue weighted by molar-refractivity contribution is 6.02. The van der Waals surface area contributed by atoms with E-state index in [1.165, 1.54) is 0 Å². The van der Waals surface area contributed by atoms with Crippen molar-refractivity contribution in [2.24, 2.45) is 0 Å². The Kier molecular flexibility index (Phi) is 3.07. The lowest BCUT2D eigenvalue weighted by Crippen LogP contribution is -2.22. The molecular weight excluding hydrogens is 278 g/mol. The number of fused-ring (bicyclic) bond motifs is 3. The topological polar surface area (TPSA) is 62.4 Å².